The molecule has 6 heteroatoms. The summed E-state index contributed by atoms with van der Waals surface area (Å²) in [4.78, 5) is 32.0. The average molecular weight is 320 g/mol. The zero-order valence-electron chi connectivity index (χ0n) is 12.9. The molecule has 120 valence electrons. The highest BCUT2D eigenvalue weighted by molar-refractivity contribution is 5.96. The molecule has 3 aromatic rings. The highest BCUT2D eigenvalue weighted by Crippen LogP contribution is 2.13. The number of nitrogens with one attached hydrogen (secondary N) is 2. The number of nitrogens with zero attached hydrogens (tertiary/aromatic N) is 2. The molecule has 0 aliphatic rings. The molecule has 0 radical (unpaired) electrons. The van der Waals surface area contributed by atoms with Crippen LogP contribution >= 0.6 is 0 Å². The van der Waals surface area contributed by atoms with Crippen LogP contribution in [0.5, 0.6) is 0 Å². The molecule has 24 heavy (non-hydrogen) atoms. The molecule has 6 nitrogen and oxygen atoms in total. The maximum Gasteiger partial charge on any atom is 0.269 e. The third-order valence-corrected chi connectivity index (χ3v) is 3.48. The number of benzene rings is 1. The van der Waals surface area contributed by atoms with E-state index in [0.717, 1.165) is 10.8 Å². The molecule has 2 aromatic heterocycles. The van der Waals surface area contributed by atoms with Gasteiger partial charge in [0, 0.05) is 37.1 Å². The van der Waals surface area contributed by atoms with Gasteiger partial charge in [-0.15, -0.1) is 0 Å². The fraction of sp³-hybridized carbons (Fsp3) is 0.111. The zero-order valence-corrected chi connectivity index (χ0v) is 12.9. The quantitative estimate of drug-likeness (QED) is 0.702. The van der Waals surface area contributed by atoms with Gasteiger partial charge < -0.3 is 10.6 Å². The van der Waals surface area contributed by atoms with E-state index in [0.29, 0.717) is 24.3 Å². The normalized spacial score (nSPS) is 10.3. The topological polar surface area (TPSA) is 84.0 Å². The lowest BCUT2D eigenvalue weighted by Gasteiger charge is -2.07. The van der Waals surface area contributed by atoms with Gasteiger partial charge >= 0.3 is 0 Å². The van der Waals surface area contributed by atoms with Gasteiger partial charge in [-0.25, -0.2) is 0 Å². The lowest BCUT2D eigenvalue weighted by molar-refractivity contribution is 0.0925. The largest absolute Gasteiger partial charge is 0.350 e. The monoisotopic (exact) mass is 320 g/mol. The van der Waals surface area contributed by atoms with Crippen LogP contribution in [0.15, 0.2) is 61.1 Å². The molecule has 3 rings (SSSR count). The van der Waals surface area contributed by atoms with Crippen molar-refractivity contribution < 1.29 is 9.59 Å². The van der Waals surface area contributed by atoms with E-state index in [-0.39, 0.29) is 11.8 Å². The number of pyridine rings is 2. The second kappa shape index (κ2) is 7.32. The smallest absolute Gasteiger partial charge is 0.269 e. The van der Waals surface area contributed by atoms with Gasteiger partial charge in [-0.2, -0.15) is 0 Å². The van der Waals surface area contributed by atoms with Gasteiger partial charge in [-0.1, -0.05) is 24.3 Å². The number of hydrogen-bond donors (Lipinski definition) is 2. The Balaban J connectivity index is 1.51. The van der Waals surface area contributed by atoms with Crippen molar-refractivity contribution >= 4 is 22.6 Å². The van der Waals surface area contributed by atoms with Gasteiger partial charge in [-0.05, 0) is 23.6 Å². The maximum atomic E-state index is 12.1. The van der Waals surface area contributed by atoms with Gasteiger partial charge in [0.1, 0.15) is 5.69 Å². The first kappa shape index (κ1) is 15.6. The Morgan fingerprint density at radius 1 is 0.875 bits per heavy atom. The van der Waals surface area contributed by atoms with Crippen molar-refractivity contribution in [3.8, 4) is 0 Å². The van der Waals surface area contributed by atoms with E-state index in [9.17, 15) is 9.59 Å². The van der Waals surface area contributed by atoms with Gasteiger partial charge in [0.15, 0.2) is 0 Å². The van der Waals surface area contributed by atoms with E-state index in [2.05, 4.69) is 20.6 Å². The number of fused-ring (bicyclic) bond motifs is 1. The minimum Gasteiger partial charge on any atom is -0.350 e. The molecule has 0 aliphatic carbocycles. The first-order valence-electron chi connectivity index (χ1n) is 7.55. The first-order chi connectivity index (χ1) is 11.7. The molecule has 2 amide bonds. The molecule has 0 spiro atoms. The Hall–Kier alpha value is -3.28. The van der Waals surface area contributed by atoms with Crippen LogP contribution in [0.2, 0.25) is 0 Å². The van der Waals surface area contributed by atoms with Gasteiger partial charge in [0.25, 0.3) is 11.8 Å². The van der Waals surface area contributed by atoms with Crippen molar-refractivity contribution in [3.63, 3.8) is 0 Å². The molecular weight excluding hydrogens is 304 g/mol. The summed E-state index contributed by atoms with van der Waals surface area (Å²) in [5.41, 5.74) is 0.840. The molecule has 2 N–H and O–H groups in total. The summed E-state index contributed by atoms with van der Waals surface area (Å²) < 4.78 is 0. The van der Waals surface area contributed by atoms with Crippen molar-refractivity contribution in [2.75, 3.05) is 13.1 Å². The maximum absolute atomic E-state index is 12.1. The predicted octanol–water partition coefficient (Wildman–Crippen LogP) is 1.79. The van der Waals surface area contributed by atoms with Crippen molar-refractivity contribution in [2.45, 2.75) is 0 Å². The van der Waals surface area contributed by atoms with Crippen LogP contribution in [-0.2, 0) is 0 Å². The standard InChI is InChI=1S/C18H16N4O2/c23-17(15-6-3-7-19-11-15)20-8-9-21-18(24)16-10-13-4-1-2-5-14(13)12-22-16/h1-7,10-12H,8-9H2,(H,20,23)(H,21,24). The molecule has 0 aliphatic heterocycles. The molecule has 0 atom stereocenters. The Morgan fingerprint density at radius 3 is 2.38 bits per heavy atom. The van der Waals surface area contributed by atoms with Crippen LogP contribution in [0.3, 0.4) is 0 Å². The molecule has 1 aromatic carbocycles. The molecule has 0 fully saturated rings. The van der Waals surface area contributed by atoms with E-state index in [4.69, 9.17) is 0 Å². The summed E-state index contributed by atoms with van der Waals surface area (Å²) in [7, 11) is 0. The van der Waals surface area contributed by atoms with Crippen molar-refractivity contribution in [2.24, 2.45) is 0 Å². The summed E-state index contributed by atoms with van der Waals surface area (Å²) in [6, 6.07) is 12.8. The van der Waals surface area contributed by atoms with E-state index in [1.165, 1.54) is 6.20 Å². The number of amides is 2. The summed E-state index contributed by atoms with van der Waals surface area (Å²) in [6.45, 7) is 0.645. The van der Waals surface area contributed by atoms with Crippen molar-refractivity contribution in [1.29, 1.82) is 0 Å². The number of carbonyl (C=O) groups is 2. The van der Waals surface area contributed by atoms with E-state index < -0.39 is 0 Å². The van der Waals surface area contributed by atoms with Crippen LogP contribution in [0, 0.1) is 0 Å². The van der Waals surface area contributed by atoms with Crippen LogP contribution < -0.4 is 10.6 Å². The highest BCUT2D eigenvalue weighted by Gasteiger charge is 2.08. The SMILES string of the molecule is O=C(NCCNC(=O)c1cc2ccccc2cn1)c1cccnc1. The van der Waals surface area contributed by atoms with Crippen molar-refractivity contribution in [1.82, 2.24) is 20.6 Å². The van der Waals surface area contributed by atoms with Gasteiger partial charge in [0.05, 0.1) is 5.56 Å². The molecule has 0 saturated heterocycles. The third kappa shape index (κ3) is 3.73. The molecule has 2 heterocycles. The highest BCUT2D eigenvalue weighted by atomic mass is 16.2. The average Bonchev–Trinajstić information content (AvgIpc) is 2.65. The number of rotatable bonds is 5. The summed E-state index contributed by atoms with van der Waals surface area (Å²) in [6.07, 6.45) is 4.77. The molecule has 0 bridgehead atoms. The Kier molecular flexibility index (Phi) is 4.76. The van der Waals surface area contributed by atoms with Crippen LogP contribution in [0.4, 0.5) is 0 Å². The minimum absolute atomic E-state index is 0.221. The van der Waals surface area contributed by atoms with E-state index in [1.54, 1.807) is 30.6 Å². The lowest BCUT2D eigenvalue weighted by Crippen LogP contribution is -2.35. The summed E-state index contributed by atoms with van der Waals surface area (Å²) >= 11 is 0. The van der Waals surface area contributed by atoms with Crippen molar-refractivity contribution in [3.05, 3.63) is 72.3 Å². The second-order valence-electron chi connectivity index (χ2n) is 5.17. The molecule has 0 saturated carbocycles. The third-order valence-electron chi connectivity index (χ3n) is 3.48. The zero-order chi connectivity index (χ0) is 16.8. The number of carbonyl (C=O) groups excluding carboxylic acids is 2. The Labute approximate surface area is 138 Å². The van der Waals surface area contributed by atoms with Gasteiger partial charge in [-0.3, -0.25) is 19.6 Å². The van der Waals surface area contributed by atoms with Crippen LogP contribution in [0.25, 0.3) is 10.8 Å². The fourth-order valence-electron chi connectivity index (χ4n) is 2.25. The van der Waals surface area contributed by atoms with E-state index in [1.807, 2.05) is 24.3 Å². The fourth-order valence-corrected chi connectivity index (χ4v) is 2.25. The van der Waals surface area contributed by atoms with Crippen LogP contribution in [-0.4, -0.2) is 34.9 Å². The summed E-state index contributed by atoms with van der Waals surface area (Å²) in [5.74, 6) is -0.488. The molecule has 0 unspecified atom stereocenters. The molecular formula is C18H16N4O2. The summed E-state index contributed by atoms with van der Waals surface area (Å²) in [5, 5.41) is 7.40. The number of hydrogen-bond acceptors (Lipinski definition) is 4. The Morgan fingerprint density at radius 2 is 1.62 bits per heavy atom. The van der Waals surface area contributed by atoms with Gasteiger partial charge in [0.2, 0.25) is 0 Å². The second-order valence-corrected chi connectivity index (χ2v) is 5.17. The number of aromatic nitrogens is 2. The first-order valence-corrected chi connectivity index (χ1v) is 7.55. The predicted molar refractivity (Wildman–Crippen MR) is 90.6 cm³/mol. The minimum atomic E-state index is -0.267. The Bertz CT molecular complexity index is 865. The van der Waals surface area contributed by atoms with Crippen LogP contribution in [0.1, 0.15) is 20.8 Å². The van der Waals surface area contributed by atoms with E-state index >= 15 is 0 Å². The lowest BCUT2D eigenvalue weighted by atomic mass is 10.1.